The van der Waals surface area contributed by atoms with E-state index < -0.39 is 0 Å². The second-order valence-corrected chi connectivity index (χ2v) is 4.48. The van der Waals surface area contributed by atoms with Crippen LogP contribution in [0.3, 0.4) is 0 Å². The van der Waals surface area contributed by atoms with E-state index in [9.17, 15) is 4.79 Å². The van der Waals surface area contributed by atoms with Gasteiger partial charge in [-0.1, -0.05) is 0 Å². The topological polar surface area (TPSA) is 42.0 Å². The Balaban J connectivity index is 0.00000225. The van der Waals surface area contributed by atoms with E-state index in [2.05, 4.69) is 5.10 Å². The summed E-state index contributed by atoms with van der Waals surface area (Å²) in [4.78, 5) is 11.6. The molecule has 16 heavy (non-hydrogen) atoms. The first-order valence-corrected chi connectivity index (χ1v) is 5.11. The van der Waals surface area contributed by atoms with Gasteiger partial charge in [0.05, 0.1) is 5.54 Å². The maximum Gasteiger partial charge on any atom is 0.290 e. The molecule has 1 amide bonds. The van der Waals surface area contributed by atoms with E-state index in [1.165, 1.54) is 0 Å². The minimum atomic E-state index is -0.252. The number of nitrogens with zero attached hydrogens (tertiary/aromatic N) is 4. The number of carbonyl (C=O) groups excluding carboxylic acids is 1. The standard InChI is InChI=1S/C10H19N4O.BrH/c1-6-12-8-13(7-11-12)14(9(2)15)10(3,4)5;/h7-8H,6H2,1-5H3;1H/q+1;/p-1. The fraction of sp³-hybridized carbons (Fsp3) is 0.700. The van der Waals surface area contributed by atoms with Crippen LogP contribution in [0, 0.1) is 0 Å². The highest BCUT2D eigenvalue weighted by atomic mass is 79.9. The van der Waals surface area contributed by atoms with E-state index in [-0.39, 0.29) is 28.4 Å². The minimum Gasteiger partial charge on any atom is -1.00 e. The van der Waals surface area contributed by atoms with E-state index >= 15 is 0 Å². The van der Waals surface area contributed by atoms with Crippen LogP contribution in [0.1, 0.15) is 34.6 Å². The van der Waals surface area contributed by atoms with E-state index in [0.717, 1.165) is 6.54 Å². The average molecular weight is 291 g/mol. The Kier molecular flexibility index (Phi) is 5.12. The zero-order valence-corrected chi connectivity index (χ0v) is 12.0. The summed E-state index contributed by atoms with van der Waals surface area (Å²) in [5.74, 6) is 0.00292. The van der Waals surface area contributed by atoms with Crippen LogP contribution < -0.4 is 26.7 Å². The van der Waals surface area contributed by atoms with Crippen molar-refractivity contribution in [1.29, 1.82) is 0 Å². The van der Waals surface area contributed by atoms with Gasteiger partial charge in [-0.25, -0.2) is 0 Å². The lowest BCUT2D eigenvalue weighted by Gasteiger charge is -2.29. The molecule has 0 radical (unpaired) electrons. The van der Waals surface area contributed by atoms with Gasteiger partial charge < -0.3 is 17.0 Å². The molecular formula is C10H19BrN4O. The Morgan fingerprint density at radius 3 is 2.38 bits per heavy atom. The number of rotatable bonds is 2. The summed E-state index contributed by atoms with van der Waals surface area (Å²) in [5, 5.41) is 5.81. The number of aryl methyl sites for hydroxylation is 1. The van der Waals surface area contributed by atoms with Crippen LogP contribution in [0.15, 0.2) is 12.7 Å². The number of amides is 1. The van der Waals surface area contributed by atoms with Crippen molar-refractivity contribution in [3.63, 3.8) is 0 Å². The molecule has 92 valence electrons. The molecule has 0 spiro atoms. The van der Waals surface area contributed by atoms with E-state index in [1.54, 1.807) is 27.6 Å². The van der Waals surface area contributed by atoms with Gasteiger partial charge in [-0.3, -0.25) is 4.79 Å². The van der Waals surface area contributed by atoms with Gasteiger partial charge in [0.15, 0.2) is 0 Å². The van der Waals surface area contributed by atoms with Crippen molar-refractivity contribution in [2.75, 3.05) is 5.01 Å². The molecule has 5 nitrogen and oxygen atoms in total. The smallest absolute Gasteiger partial charge is 0.290 e. The molecule has 0 saturated heterocycles. The first kappa shape index (κ1) is 15.1. The lowest BCUT2D eigenvalue weighted by atomic mass is 10.1. The Bertz CT molecular complexity index is 356. The molecule has 0 saturated carbocycles. The number of halogens is 1. The van der Waals surface area contributed by atoms with Crippen LogP contribution >= 0.6 is 0 Å². The highest BCUT2D eigenvalue weighted by molar-refractivity contribution is 5.84. The molecule has 6 heteroatoms. The summed E-state index contributed by atoms with van der Waals surface area (Å²) in [6.07, 6.45) is 3.46. The van der Waals surface area contributed by atoms with Gasteiger partial charge in [0.25, 0.3) is 12.2 Å². The lowest BCUT2D eigenvalue weighted by molar-refractivity contribution is -0.748. The van der Waals surface area contributed by atoms with Crippen molar-refractivity contribution < 1.29 is 26.5 Å². The monoisotopic (exact) mass is 290 g/mol. The van der Waals surface area contributed by atoms with Gasteiger partial charge >= 0.3 is 0 Å². The fourth-order valence-corrected chi connectivity index (χ4v) is 1.56. The molecule has 0 bridgehead atoms. The molecule has 0 atom stereocenters. The van der Waals surface area contributed by atoms with Crippen molar-refractivity contribution in [1.82, 2.24) is 9.77 Å². The third-order valence-corrected chi connectivity index (χ3v) is 2.06. The van der Waals surface area contributed by atoms with Gasteiger partial charge in [0, 0.05) is 6.92 Å². The van der Waals surface area contributed by atoms with Crippen molar-refractivity contribution in [3.8, 4) is 0 Å². The van der Waals surface area contributed by atoms with Gasteiger partial charge in [0.2, 0.25) is 6.33 Å². The number of carbonyl (C=O) groups is 1. The van der Waals surface area contributed by atoms with E-state index in [0.29, 0.717) is 0 Å². The Morgan fingerprint density at radius 1 is 1.50 bits per heavy atom. The molecule has 0 aliphatic carbocycles. The molecule has 0 N–H and O–H groups in total. The predicted octanol–water partition coefficient (Wildman–Crippen LogP) is -2.52. The molecule has 0 aliphatic heterocycles. The number of hydrogen-bond acceptors (Lipinski definition) is 2. The summed E-state index contributed by atoms with van der Waals surface area (Å²) in [6.45, 7) is 10.3. The maximum absolute atomic E-state index is 11.6. The summed E-state index contributed by atoms with van der Waals surface area (Å²) in [7, 11) is 0. The van der Waals surface area contributed by atoms with Crippen LogP contribution in [-0.2, 0) is 11.3 Å². The zero-order chi connectivity index (χ0) is 11.6. The van der Waals surface area contributed by atoms with Crippen LogP contribution in [0.5, 0.6) is 0 Å². The quantitative estimate of drug-likeness (QED) is 0.564. The molecule has 1 heterocycles. The summed E-state index contributed by atoms with van der Waals surface area (Å²) in [6, 6.07) is 0. The number of hydrogen-bond donors (Lipinski definition) is 0. The molecular weight excluding hydrogens is 272 g/mol. The molecule has 0 aliphatic rings. The van der Waals surface area contributed by atoms with E-state index in [4.69, 9.17) is 0 Å². The molecule has 1 aromatic rings. The summed E-state index contributed by atoms with van der Waals surface area (Å²) < 4.78 is 3.51. The molecule has 1 aromatic heterocycles. The van der Waals surface area contributed by atoms with Crippen molar-refractivity contribution in [2.45, 2.75) is 46.7 Å². The van der Waals surface area contributed by atoms with Crippen molar-refractivity contribution in [3.05, 3.63) is 12.7 Å². The first-order valence-electron chi connectivity index (χ1n) is 5.11. The maximum atomic E-state index is 11.6. The fourth-order valence-electron chi connectivity index (χ4n) is 1.56. The van der Waals surface area contributed by atoms with Crippen LogP contribution in [0.4, 0.5) is 0 Å². The second kappa shape index (κ2) is 5.43. The average Bonchev–Trinajstić information content (AvgIpc) is 2.49. The van der Waals surface area contributed by atoms with Gasteiger partial charge in [0.1, 0.15) is 6.54 Å². The van der Waals surface area contributed by atoms with Crippen LogP contribution in [0.25, 0.3) is 0 Å². The Morgan fingerprint density at radius 2 is 2.06 bits per heavy atom. The summed E-state index contributed by atoms with van der Waals surface area (Å²) in [5.41, 5.74) is -0.252. The van der Waals surface area contributed by atoms with Crippen LogP contribution in [0.2, 0.25) is 0 Å². The van der Waals surface area contributed by atoms with Gasteiger partial charge in [-0.05, 0) is 32.8 Å². The van der Waals surface area contributed by atoms with E-state index in [1.807, 2.05) is 34.0 Å². The van der Waals surface area contributed by atoms with Crippen molar-refractivity contribution >= 4 is 5.91 Å². The molecule has 0 unspecified atom stereocenters. The minimum absolute atomic E-state index is 0. The van der Waals surface area contributed by atoms with Gasteiger partial charge in [-0.15, -0.1) is 9.36 Å². The molecule has 0 aromatic carbocycles. The third-order valence-electron chi connectivity index (χ3n) is 2.06. The van der Waals surface area contributed by atoms with Crippen molar-refractivity contribution in [2.24, 2.45) is 0 Å². The molecule has 1 rings (SSSR count). The predicted molar refractivity (Wildman–Crippen MR) is 56.7 cm³/mol. The Labute approximate surface area is 107 Å². The third kappa shape index (κ3) is 3.30. The lowest BCUT2D eigenvalue weighted by Crippen LogP contribution is -3.00. The highest BCUT2D eigenvalue weighted by Gasteiger charge is 2.30. The largest absolute Gasteiger partial charge is 1.00 e. The van der Waals surface area contributed by atoms with Crippen LogP contribution in [-0.4, -0.2) is 21.2 Å². The van der Waals surface area contributed by atoms with Gasteiger partial charge in [-0.2, -0.15) is 5.01 Å². The second-order valence-electron chi connectivity index (χ2n) is 4.48. The Hall–Kier alpha value is -0.910. The summed E-state index contributed by atoms with van der Waals surface area (Å²) >= 11 is 0. The highest BCUT2D eigenvalue weighted by Crippen LogP contribution is 2.11. The zero-order valence-electron chi connectivity index (χ0n) is 10.4. The number of aromatic nitrogens is 3. The normalized spacial score (nSPS) is 10.8. The first-order chi connectivity index (χ1) is 6.86. The molecule has 0 fully saturated rings. The SMILES string of the molecule is CC[n+]1cn(N(C(C)=O)C(C)(C)C)cn1.[Br-].